The van der Waals surface area contributed by atoms with Crippen molar-refractivity contribution in [2.45, 2.75) is 37.0 Å². The van der Waals surface area contributed by atoms with Gasteiger partial charge < -0.3 is 0 Å². The zero-order chi connectivity index (χ0) is 17.0. The molecule has 0 bridgehead atoms. The molecule has 0 amide bonds. The molecule has 0 radical (unpaired) electrons. The molecule has 0 spiro atoms. The number of halogens is 4. The van der Waals surface area contributed by atoms with Crippen LogP contribution in [0.15, 0.2) is 40.3 Å². The molecule has 1 aromatic carbocycles. The van der Waals surface area contributed by atoms with Gasteiger partial charge in [0.05, 0.1) is 0 Å². The third-order valence-electron chi connectivity index (χ3n) is 3.03. The average Bonchev–Trinajstić information content (AvgIpc) is 2.48. The van der Waals surface area contributed by atoms with Gasteiger partial charge in [0.2, 0.25) is 0 Å². The minimum absolute atomic E-state index is 0.0603. The summed E-state index contributed by atoms with van der Waals surface area (Å²) in [5, 5.41) is -0.0603. The molecule has 3 nitrogen and oxygen atoms in total. The summed E-state index contributed by atoms with van der Waals surface area (Å²) in [6, 6.07) is 6.46. The number of thioether (sulfide) groups is 1. The smallest absolute Gasteiger partial charge is 0.288 e. The van der Waals surface area contributed by atoms with Crippen molar-refractivity contribution in [3.05, 3.63) is 57.8 Å². The third-order valence-corrected chi connectivity index (χ3v) is 4.05. The van der Waals surface area contributed by atoms with Crippen molar-refractivity contribution >= 4 is 11.8 Å². The lowest BCUT2D eigenvalue weighted by atomic mass is 10.2. The molecule has 0 saturated heterocycles. The Morgan fingerprint density at radius 1 is 1.26 bits per heavy atom. The first-order valence-electron chi connectivity index (χ1n) is 6.88. The van der Waals surface area contributed by atoms with Gasteiger partial charge in [0, 0.05) is 18.4 Å². The quantitative estimate of drug-likeness (QED) is 0.464. The van der Waals surface area contributed by atoms with Crippen LogP contribution in [0, 0.1) is 5.82 Å². The lowest BCUT2D eigenvalue weighted by molar-refractivity contribution is -0.141. The summed E-state index contributed by atoms with van der Waals surface area (Å²) in [5.41, 5.74) is -1.65. The van der Waals surface area contributed by atoms with Gasteiger partial charge in [-0.1, -0.05) is 36.9 Å². The number of benzene rings is 1. The minimum Gasteiger partial charge on any atom is -0.288 e. The van der Waals surface area contributed by atoms with Gasteiger partial charge in [0.25, 0.3) is 5.56 Å². The van der Waals surface area contributed by atoms with Crippen molar-refractivity contribution in [2.75, 3.05) is 0 Å². The Balaban J connectivity index is 2.36. The van der Waals surface area contributed by atoms with E-state index < -0.39 is 23.2 Å². The topological polar surface area (TPSA) is 34.9 Å². The van der Waals surface area contributed by atoms with Crippen LogP contribution in [0.3, 0.4) is 0 Å². The van der Waals surface area contributed by atoms with E-state index in [1.54, 1.807) is 13.0 Å². The molecule has 1 heterocycles. The number of rotatable bonds is 5. The average molecular weight is 346 g/mol. The van der Waals surface area contributed by atoms with Crippen LogP contribution in [0.25, 0.3) is 0 Å². The van der Waals surface area contributed by atoms with Crippen molar-refractivity contribution in [2.24, 2.45) is 0 Å². The van der Waals surface area contributed by atoms with Crippen molar-refractivity contribution in [3.8, 4) is 0 Å². The van der Waals surface area contributed by atoms with E-state index in [1.807, 2.05) is 0 Å². The number of hydrogen-bond acceptors (Lipinski definition) is 3. The first-order chi connectivity index (χ1) is 10.8. The van der Waals surface area contributed by atoms with E-state index in [0.29, 0.717) is 18.1 Å². The van der Waals surface area contributed by atoms with Crippen molar-refractivity contribution in [1.82, 2.24) is 9.55 Å². The molecule has 124 valence electrons. The van der Waals surface area contributed by atoms with E-state index in [1.165, 1.54) is 22.8 Å². The Hall–Kier alpha value is -1.83. The second-order valence-corrected chi connectivity index (χ2v) is 5.73. The summed E-state index contributed by atoms with van der Waals surface area (Å²) in [6.45, 7) is 2.05. The Labute approximate surface area is 134 Å². The first kappa shape index (κ1) is 17.5. The maximum absolute atomic E-state index is 13.6. The normalized spacial score (nSPS) is 11.7. The summed E-state index contributed by atoms with van der Waals surface area (Å²) >= 11 is 0.911. The number of alkyl halides is 3. The predicted molar refractivity (Wildman–Crippen MR) is 79.8 cm³/mol. The molecule has 0 atom stereocenters. The highest BCUT2D eigenvalue weighted by Gasteiger charge is 2.34. The molecule has 1 aromatic heterocycles. The Morgan fingerprint density at radius 3 is 2.57 bits per heavy atom. The Kier molecular flexibility index (Phi) is 5.46. The van der Waals surface area contributed by atoms with Gasteiger partial charge >= 0.3 is 6.18 Å². The van der Waals surface area contributed by atoms with E-state index in [9.17, 15) is 22.4 Å². The van der Waals surface area contributed by atoms with Crippen molar-refractivity contribution in [3.63, 3.8) is 0 Å². The van der Waals surface area contributed by atoms with Crippen LogP contribution in [0.1, 0.15) is 24.6 Å². The third kappa shape index (κ3) is 4.34. The number of nitrogens with zero attached hydrogens (tertiary/aromatic N) is 2. The second kappa shape index (κ2) is 7.16. The highest BCUT2D eigenvalue weighted by Crippen LogP contribution is 2.29. The van der Waals surface area contributed by atoms with Crippen molar-refractivity contribution in [1.29, 1.82) is 0 Å². The molecule has 0 unspecified atom stereocenters. The van der Waals surface area contributed by atoms with E-state index in [0.717, 1.165) is 11.8 Å². The fourth-order valence-corrected chi connectivity index (χ4v) is 2.95. The molecule has 0 aliphatic carbocycles. The molecule has 0 aliphatic heterocycles. The Morgan fingerprint density at radius 2 is 1.96 bits per heavy atom. The van der Waals surface area contributed by atoms with Crippen LogP contribution in [0.4, 0.5) is 17.6 Å². The molecule has 0 saturated carbocycles. The van der Waals surface area contributed by atoms with Gasteiger partial charge in [0.15, 0.2) is 10.9 Å². The lowest BCUT2D eigenvalue weighted by Crippen LogP contribution is -2.26. The van der Waals surface area contributed by atoms with Gasteiger partial charge in [-0.3, -0.25) is 9.36 Å². The maximum Gasteiger partial charge on any atom is 0.433 e. The van der Waals surface area contributed by atoms with E-state index in [4.69, 9.17) is 0 Å². The van der Waals surface area contributed by atoms with Gasteiger partial charge in [-0.25, -0.2) is 9.37 Å². The van der Waals surface area contributed by atoms with Crippen molar-refractivity contribution < 1.29 is 17.6 Å². The highest BCUT2D eigenvalue weighted by atomic mass is 32.2. The van der Waals surface area contributed by atoms with Gasteiger partial charge in [0.1, 0.15) is 5.82 Å². The zero-order valence-corrected chi connectivity index (χ0v) is 13.0. The van der Waals surface area contributed by atoms with Crippen LogP contribution >= 0.6 is 11.8 Å². The Bertz CT molecular complexity index is 743. The summed E-state index contributed by atoms with van der Waals surface area (Å²) in [4.78, 5) is 15.5. The molecule has 2 rings (SSSR count). The zero-order valence-electron chi connectivity index (χ0n) is 12.2. The minimum atomic E-state index is -4.70. The molecular formula is C15H14F4N2OS. The first-order valence-corrected chi connectivity index (χ1v) is 7.86. The van der Waals surface area contributed by atoms with Crippen LogP contribution in [-0.4, -0.2) is 9.55 Å². The fraction of sp³-hybridized carbons (Fsp3) is 0.333. The molecule has 23 heavy (non-hydrogen) atoms. The summed E-state index contributed by atoms with van der Waals surface area (Å²) < 4.78 is 53.2. The summed E-state index contributed by atoms with van der Waals surface area (Å²) in [5.74, 6) is -0.360. The molecule has 0 aliphatic rings. The molecule has 0 N–H and O–H groups in total. The van der Waals surface area contributed by atoms with Gasteiger partial charge in [-0.2, -0.15) is 13.2 Å². The number of hydrogen-bond donors (Lipinski definition) is 0. The SMILES string of the molecule is CCCn1c(SCc2ccccc2F)nc(C(F)(F)F)cc1=O. The van der Waals surface area contributed by atoms with Crippen LogP contribution < -0.4 is 5.56 Å². The van der Waals surface area contributed by atoms with E-state index >= 15 is 0 Å². The van der Waals surface area contributed by atoms with E-state index in [-0.39, 0.29) is 17.5 Å². The highest BCUT2D eigenvalue weighted by molar-refractivity contribution is 7.98. The van der Waals surface area contributed by atoms with Crippen LogP contribution in [-0.2, 0) is 18.5 Å². The molecule has 2 aromatic rings. The van der Waals surface area contributed by atoms with E-state index in [2.05, 4.69) is 4.98 Å². The maximum atomic E-state index is 13.6. The predicted octanol–water partition coefficient (Wildman–Crippen LogP) is 4.10. The van der Waals surface area contributed by atoms with Crippen LogP contribution in [0.5, 0.6) is 0 Å². The van der Waals surface area contributed by atoms with Gasteiger partial charge in [-0.15, -0.1) is 0 Å². The number of aromatic nitrogens is 2. The monoisotopic (exact) mass is 346 g/mol. The fourth-order valence-electron chi connectivity index (χ4n) is 1.93. The molecule has 8 heteroatoms. The lowest BCUT2D eigenvalue weighted by Gasteiger charge is -2.13. The van der Waals surface area contributed by atoms with Gasteiger partial charge in [-0.05, 0) is 18.1 Å². The molecule has 0 fully saturated rings. The standard InChI is InChI=1S/C15H14F4N2OS/c1-2-7-21-13(22)8-12(15(17,18)19)20-14(21)23-9-10-5-3-4-6-11(10)16/h3-6,8H,2,7,9H2,1H3. The molecular weight excluding hydrogens is 332 g/mol. The van der Waals surface area contributed by atoms with Crippen LogP contribution in [0.2, 0.25) is 0 Å². The second-order valence-electron chi connectivity index (χ2n) is 4.79. The summed E-state index contributed by atoms with van der Waals surface area (Å²) in [7, 11) is 0. The summed E-state index contributed by atoms with van der Waals surface area (Å²) in [6.07, 6.45) is -4.13. The largest absolute Gasteiger partial charge is 0.433 e.